The molecule has 0 fully saturated rings. The summed E-state index contributed by atoms with van der Waals surface area (Å²) >= 11 is 6.03. The van der Waals surface area contributed by atoms with Crippen LogP contribution in [0.25, 0.3) is 17.0 Å². The molecule has 0 saturated carbocycles. The van der Waals surface area contributed by atoms with Gasteiger partial charge in [-0.25, -0.2) is 4.98 Å². The number of hydrogen-bond donors (Lipinski definition) is 0. The van der Waals surface area contributed by atoms with Gasteiger partial charge in [-0.05, 0) is 23.9 Å². The summed E-state index contributed by atoms with van der Waals surface area (Å²) in [6.45, 7) is 2.18. The van der Waals surface area contributed by atoms with Crippen molar-refractivity contribution in [2.45, 2.75) is 13.3 Å². The second kappa shape index (κ2) is 5.55. The molecule has 0 aliphatic heterocycles. The standard InChI is InChI=1S/C16H14ClN3/c1-11-7-9-13(10-8-11)15-18-14(19-16(17)20-15)12-5-3-2-4-6-12/h2-7,9-11H,8H2,1H3. The Bertz CT molecular complexity index is 677. The molecule has 0 saturated heterocycles. The largest absolute Gasteiger partial charge is 0.226 e. The van der Waals surface area contributed by atoms with Crippen molar-refractivity contribution in [2.24, 2.45) is 5.92 Å². The Morgan fingerprint density at radius 3 is 2.50 bits per heavy atom. The molecule has 20 heavy (non-hydrogen) atoms. The minimum Gasteiger partial charge on any atom is -0.208 e. The fourth-order valence-corrected chi connectivity index (χ4v) is 2.25. The van der Waals surface area contributed by atoms with E-state index in [9.17, 15) is 0 Å². The predicted octanol–water partition coefficient (Wildman–Crippen LogP) is 4.17. The second-order valence-electron chi connectivity index (χ2n) is 4.85. The van der Waals surface area contributed by atoms with Gasteiger partial charge < -0.3 is 0 Å². The van der Waals surface area contributed by atoms with Crippen molar-refractivity contribution in [3.05, 3.63) is 59.7 Å². The zero-order valence-corrected chi connectivity index (χ0v) is 11.9. The molecule has 1 aromatic heterocycles. The van der Waals surface area contributed by atoms with Crippen molar-refractivity contribution in [2.75, 3.05) is 0 Å². The molecule has 100 valence electrons. The number of aromatic nitrogens is 3. The fourth-order valence-electron chi connectivity index (χ4n) is 2.09. The minimum atomic E-state index is 0.224. The van der Waals surface area contributed by atoms with Gasteiger partial charge in [-0.2, -0.15) is 9.97 Å². The minimum absolute atomic E-state index is 0.224. The van der Waals surface area contributed by atoms with Crippen LogP contribution in [0.3, 0.4) is 0 Å². The Labute approximate surface area is 123 Å². The second-order valence-corrected chi connectivity index (χ2v) is 5.19. The summed E-state index contributed by atoms with van der Waals surface area (Å²) in [5.41, 5.74) is 1.94. The quantitative estimate of drug-likeness (QED) is 0.830. The first-order valence-electron chi connectivity index (χ1n) is 6.58. The van der Waals surface area contributed by atoms with Crippen LogP contribution in [-0.2, 0) is 0 Å². The first-order chi connectivity index (χ1) is 9.72. The maximum atomic E-state index is 6.03. The summed E-state index contributed by atoms with van der Waals surface area (Å²) in [6, 6.07) is 9.79. The van der Waals surface area contributed by atoms with Gasteiger partial charge in [0.05, 0.1) is 0 Å². The number of nitrogens with zero attached hydrogens (tertiary/aromatic N) is 3. The molecule has 1 heterocycles. The van der Waals surface area contributed by atoms with Crippen molar-refractivity contribution in [3.8, 4) is 11.4 Å². The number of allylic oxidation sites excluding steroid dienone is 4. The molecule has 1 atom stereocenters. The Morgan fingerprint density at radius 2 is 1.80 bits per heavy atom. The summed E-state index contributed by atoms with van der Waals surface area (Å²) in [5.74, 6) is 1.80. The van der Waals surface area contributed by atoms with Crippen LogP contribution in [-0.4, -0.2) is 15.0 Å². The summed E-state index contributed by atoms with van der Waals surface area (Å²) < 4.78 is 0. The molecule has 4 heteroatoms. The van der Waals surface area contributed by atoms with Gasteiger partial charge in [0.1, 0.15) is 0 Å². The summed E-state index contributed by atoms with van der Waals surface area (Å²) in [7, 11) is 0. The number of rotatable bonds is 2. The maximum absolute atomic E-state index is 6.03. The van der Waals surface area contributed by atoms with Crippen LogP contribution >= 0.6 is 11.6 Å². The first kappa shape index (κ1) is 13.0. The third-order valence-electron chi connectivity index (χ3n) is 3.21. The molecular formula is C16H14ClN3. The smallest absolute Gasteiger partial charge is 0.208 e. The van der Waals surface area contributed by atoms with E-state index < -0.39 is 0 Å². The van der Waals surface area contributed by atoms with Crippen molar-refractivity contribution in [3.63, 3.8) is 0 Å². The fraction of sp³-hybridized carbons (Fsp3) is 0.188. The zero-order valence-electron chi connectivity index (χ0n) is 11.1. The molecule has 0 bridgehead atoms. The topological polar surface area (TPSA) is 38.7 Å². The third kappa shape index (κ3) is 2.78. The lowest BCUT2D eigenvalue weighted by molar-refractivity contribution is 0.738. The van der Waals surface area contributed by atoms with E-state index in [1.807, 2.05) is 30.3 Å². The summed E-state index contributed by atoms with van der Waals surface area (Å²) in [6.07, 6.45) is 7.35. The molecule has 0 N–H and O–H groups in total. The number of benzene rings is 1. The van der Waals surface area contributed by atoms with Crippen molar-refractivity contribution in [1.82, 2.24) is 15.0 Å². The normalized spacial score (nSPS) is 17.9. The lowest BCUT2D eigenvalue weighted by Gasteiger charge is -2.11. The Balaban J connectivity index is 2.02. The van der Waals surface area contributed by atoms with Crippen LogP contribution in [0.5, 0.6) is 0 Å². The van der Waals surface area contributed by atoms with E-state index in [4.69, 9.17) is 11.6 Å². The van der Waals surface area contributed by atoms with E-state index in [1.54, 1.807) is 0 Å². The van der Waals surface area contributed by atoms with Gasteiger partial charge in [-0.1, -0.05) is 55.5 Å². The van der Waals surface area contributed by atoms with Crippen LogP contribution in [0, 0.1) is 5.92 Å². The van der Waals surface area contributed by atoms with E-state index in [0.29, 0.717) is 17.6 Å². The van der Waals surface area contributed by atoms with E-state index in [2.05, 4.69) is 40.1 Å². The average Bonchev–Trinajstić information content (AvgIpc) is 2.48. The molecule has 1 aromatic carbocycles. The summed E-state index contributed by atoms with van der Waals surface area (Å²) in [5, 5.41) is 0.224. The molecule has 1 aliphatic rings. The Kier molecular flexibility index (Phi) is 3.61. The van der Waals surface area contributed by atoms with E-state index in [-0.39, 0.29) is 5.28 Å². The van der Waals surface area contributed by atoms with Gasteiger partial charge in [0, 0.05) is 11.1 Å². The molecule has 3 rings (SSSR count). The van der Waals surface area contributed by atoms with E-state index >= 15 is 0 Å². The highest BCUT2D eigenvalue weighted by Crippen LogP contribution is 2.24. The predicted molar refractivity (Wildman–Crippen MR) is 81.2 cm³/mol. The molecule has 0 amide bonds. The number of hydrogen-bond acceptors (Lipinski definition) is 3. The van der Waals surface area contributed by atoms with Crippen LogP contribution in [0.2, 0.25) is 5.28 Å². The highest BCUT2D eigenvalue weighted by molar-refractivity contribution is 6.28. The molecule has 1 unspecified atom stereocenters. The van der Waals surface area contributed by atoms with E-state index in [0.717, 1.165) is 17.6 Å². The van der Waals surface area contributed by atoms with Gasteiger partial charge in [0.15, 0.2) is 11.6 Å². The molecule has 2 aromatic rings. The Morgan fingerprint density at radius 1 is 1.05 bits per heavy atom. The molecular weight excluding hydrogens is 270 g/mol. The molecule has 3 nitrogen and oxygen atoms in total. The zero-order chi connectivity index (χ0) is 13.9. The van der Waals surface area contributed by atoms with Crippen molar-refractivity contribution >= 4 is 17.2 Å². The van der Waals surface area contributed by atoms with Crippen LogP contribution in [0.1, 0.15) is 19.2 Å². The van der Waals surface area contributed by atoms with Crippen LogP contribution < -0.4 is 0 Å². The molecule has 0 radical (unpaired) electrons. The van der Waals surface area contributed by atoms with Crippen molar-refractivity contribution < 1.29 is 0 Å². The molecule has 0 spiro atoms. The van der Waals surface area contributed by atoms with Gasteiger partial charge in [-0.3, -0.25) is 0 Å². The lowest BCUT2D eigenvalue weighted by atomic mass is 9.98. The van der Waals surface area contributed by atoms with Gasteiger partial charge in [0.2, 0.25) is 5.28 Å². The summed E-state index contributed by atoms with van der Waals surface area (Å²) in [4.78, 5) is 13.0. The number of halogens is 1. The Hall–Kier alpha value is -2.00. The van der Waals surface area contributed by atoms with Crippen molar-refractivity contribution in [1.29, 1.82) is 0 Å². The highest BCUT2D eigenvalue weighted by atomic mass is 35.5. The average molecular weight is 284 g/mol. The molecule has 1 aliphatic carbocycles. The van der Waals surface area contributed by atoms with Gasteiger partial charge >= 0.3 is 0 Å². The van der Waals surface area contributed by atoms with Crippen LogP contribution in [0.15, 0.2) is 48.6 Å². The highest BCUT2D eigenvalue weighted by Gasteiger charge is 2.12. The monoisotopic (exact) mass is 283 g/mol. The first-order valence-corrected chi connectivity index (χ1v) is 6.96. The van der Waals surface area contributed by atoms with Gasteiger partial charge in [-0.15, -0.1) is 0 Å². The lowest BCUT2D eigenvalue weighted by Crippen LogP contribution is -2.02. The van der Waals surface area contributed by atoms with E-state index in [1.165, 1.54) is 0 Å². The third-order valence-corrected chi connectivity index (χ3v) is 3.38. The van der Waals surface area contributed by atoms with Crippen LogP contribution in [0.4, 0.5) is 0 Å². The SMILES string of the molecule is CC1C=CC(c2nc(Cl)nc(-c3ccccc3)n2)=CC1. The maximum Gasteiger partial charge on any atom is 0.226 e. The van der Waals surface area contributed by atoms with Gasteiger partial charge in [0.25, 0.3) is 0 Å².